The van der Waals surface area contributed by atoms with Gasteiger partial charge in [-0.2, -0.15) is 4.31 Å². The topological polar surface area (TPSA) is 49.9 Å². The van der Waals surface area contributed by atoms with Gasteiger partial charge in [0.15, 0.2) is 0 Å². The second-order valence-corrected chi connectivity index (χ2v) is 7.35. The molecule has 5 nitrogen and oxygen atoms in total. The highest BCUT2D eigenvalue weighted by Gasteiger charge is 2.28. The molecule has 1 aliphatic heterocycles. The smallest absolute Gasteiger partial charge is 0.243 e. The van der Waals surface area contributed by atoms with E-state index in [1.54, 1.807) is 29.6 Å². The normalized spacial score (nSPS) is 18.0. The number of aryl methyl sites for hydroxylation is 1. The summed E-state index contributed by atoms with van der Waals surface area (Å²) in [6.07, 6.45) is 0.987. The molecule has 21 heavy (non-hydrogen) atoms. The molecule has 0 bridgehead atoms. The number of methoxy groups -OCH3 is 1. The first-order chi connectivity index (χ1) is 10.0. The standard InChI is InChI=1S/C15H24N2O3S/c1-14-5-3-6-15(13-14)21(18,19)17-10-8-16(9-11-17)7-4-12-20-2/h3,5-6,13H,4,7-12H2,1-2H3. The fourth-order valence-electron chi connectivity index (χ4n) is 2.55. The zero-order valence-corrected chi connectivity index (χ0v) is 13.6. The molecule has 6 heteroatoms. The van der Waals surface area contributed by atoms with Crippen LogP contribution in [0.2, 0.25) is 0 Å². The number of sulfonamides is 1. The first-order valence-corrected chi connectivity index (χ1v) is 8.76. The van der Waals surface area contributed by atoms with Crippen molar-refractivity contribution in [1.29, 1.82) is 0 Å². The number of hydrogen-bond acceptors (Lipinski definition) is 4. The average molecular weight is 312 g/mol. The van der Waals surface area contributed by atoms with Crippen LogP contribution in [0.25, 0.3) is 0 Å². The van der Waals surface area contributed by atoms with Crippen LogP contribution < -0.4 is 0 Å². The molecule has 1 saturated heterocycles. The average Bonchev–Trinajstić information content (AvgIpc) is 2.48. The predicted molar refractivity (Wildman–Crippen MR) is 82.9 cm³/mol. The molecular weight excluding hydrogens is 288 g/mol. The van der Waals surface area contributed by atoms with Gasteiger partial charge in [0.2, 0.25) is 10.0 Å². The predicted octanol–water partition coefficient (Wildman–Crippen LogP) is 1.34. The number of piperazine rings is 1. The molecule has 0 N–H and O–H groups in total. The van der Waals surface area contributed by atoms with Crippen LogP contribution in [-0.4, -0.2) is 64.1 Å². The van der Waals surface area contributed by atoms with Crippen molar-refractivity contribution < 1.29 is 13.2 Å². The summed E-state index contributed by atoms with van der Waals surface area (Å²) >= 11 is 0. The van der Waals surface area contributed by atoms with Crippen LogP contribution in [0.3, 0.4) is 0 Å². The third-order valence-electron chi connectivity index (χ3n) is 3.78. The number of benzene rings is 1. The lowest BCUT2D eigenvalue weighted by Gasteiger charge is -2.33. The maximum atomic E-state index is 12.6. The van der Waals surface area contributed by atoms with Crippen molar-refractivity contribution >= 4 is 10.0 Å². The Morgan fingerprint density at radius 2 is 1.90 bits per heavy atom. The zero-order chi connectivity index (χ0) is 15.3. The van der Waals surface area contributed by atoms with E-state index in [1.807, 2.05) is 13.0 Å². The van der Waals surface area contributed by atoms with Crippen LogP contribution in [0.5, 0.6) is 0 Å². The van der Waals surface area contributed by atoms with E-state index in [-0.39, 0.29) is 0 Å². The van der Waals surface area contributed by atoms with Gasteiger partial charge in [-0.25, -0.2) is 8.42 Å². The van der Waals surface area contributed by atoms with Crippen molar-refractivity contribution in [2.45, 2.75) is 18.2 Å². The summed E-state index contributed by atoms with van der Waals surface area (Å²) in [6, 6.07) is 7.11. The highest BCUT2D eigenvalue weighted by molar-refractivity contribution is 7.89. The van der Waals surface area contributed by atoms with Crippen LogP contribution >= 0.6 is 0 Å². The third kappa shape index (κ3) is 4.26. The Morgan fingerprint density at radius 3 is 2.52 bits per heavy atom. The Bertz CT molecular complexity index is 552. The Balaban J connectivity index is 1.95. The Kier molecular flexibility index (Phi) is 5.75. The summed E-state index contributed by atoms with van der Waals surface area (Å²) in [7, 11) is -1.65. The van der Waals surface area contributed by atoms with Crippen molar-refractivity contribution in [2.24, 2.45) is 0 Å². The lowest BCUT2D eigenvalue weighted by molar-refractivity contribution is 0.149. The molecule has 0 saturated carbocycles. The highest BCUT2D eigenvalue weighted by atomic mass is 32.2. The number of nitrogens with zero attached hydrogens (tertiary/aromatic N) is 2. The quantitative estimate of drug-likeness (QED) is 0.744. The number of hydrogen-bond donors (Lipinski definition) is 0. The molecule has 1 aliphatic rings. The van der Waals surface area contributed by atoms with E-state index in [0.717, 1.165) is 38.2 Å². The van der Waals surface area contributed by atoms with Gasteiger partial charge in [-0.1, -0.05) is 12.1 Å². The van der Waals surface area contributed by atoms with Gasteiger partial charge < -0.3 is 9.64 Å². The molecule has 0 radical (unpaired) electrons. The fourth-order valence-corrected chi connectivity index (χ4v) is 4.08. The minimum atomic E-state index is -3.35. The highest BCUT2D eigenvalue weighted by Crippen LogP contribution is 2.18. The minimum Gasteiger partial charge on any atom is -0.385 e. The molecule has 0 atom stereocenters. The molecule has 2 rings (SSSR count). The summed E-state index contributed by atoms with van der Waals surface area (Å²) < 4.78 is 31.8. The van der Waals surface area contributed by atoms with Crippen LogP contribution in [0.4, 0.5) is 0 Å². The van der Waals surface area contributed by atoms with E-state index in [1.165, 1.54) is 0 Å². The van der Waals surface area contributed by atoms with Crippen molar-refractivity contribution in [3.63, 3.8) is 0 Å². The van der Waals surface area contributed by atoms with E-state index >= 15 is 0 Å². The molecule has 0 spiro atoms. The fraction of sp³-hybridized carbons (Fsp3) is 0.600. The van der Waals surface area contributed by atoms with E-state index in [9.17, 15) is 8.42 Å². The summed E-state index contributed by atoms with van der Waals surface area (Å²) in [5.41, 5.74) is 0.967. The third-order valence-corrected chi connectivity index (χ3v) is 5.68. The number of rotatable bonds is 6. The lowest BCUT2D eigenvalue weighted by atomic mass is 10.2. The molecule has 1 heterocycles. The van der Waals surface area contributed by atoms with Crippen LogP contribution in [0.15, 0.2) is 29.2 Å². The van der Waals surface area contributed by atoms with Gasteiger partial charge in [-0.15, -0.1) is 0 Å². The van der Waals surface area contributed by atoms with Gasteiger partial charge in [0.05, 0.1) is 4.90 Å². The van der Waals surface area contributed by atoms with E-state index in [2.05, 4.69) is 4.90 Å². The summed E-state index contributed by atoms with van der Waals surface area (Å²) in [4.78, 5) is 2.69. The van der Waals surface area contributed by atoms with Crippen molar-refractivity contribution in [1.82, 2.24) is 9.21 Å². The summed E-state index contributed by atoms with van der Waals surface area (Å²) in [5, 5.41) is 0. The molecule has 0 unspecified atom stereocenters. The second-order valence-electron chi connectivity index (χ2n) is 5.41. The van der Waals surface area contributed by atoms with E-state index in [4.69, 9.17) is 4.74 Å². The first-order valence-electron chi connectivity index (χ1n) is 7.32. The number of ether oxygens (including phenoxy) is 1. The van der Waals surface area contributed by atoms with Gasteiger partial charge in [0.1, 0.15) is 0 Å². The van der Waals surface area contributed by atoms with Gasteiger partial charge in [-0.3, -0.25) is 0 Å². The van der Waals surface area contributed by atoms with E-state index < -0.39 is 10.0 Å². The molecule has 0 aromatic heterocycles. The molecule has 0 aliphatic carbocycles. The van der Waals surface area contributed by atoms with Crippen LogP contribution in [-0.2, 0) is 14.8 Å². The lowest BCUT2D eigenvalue weighted by Crippen LogP contribution is -2.48. The summed E-state index contributed by atoms with van der Waals surface area (Å²) in [6.45, 7) is 6.32. The van der Waals surface area contributed by atoms with Gasteiger partial charge in [0, 0.05) is 46.4 Å². The minimum absolute atomic E-state index is 0.398. The molecule has 1 fully saturated rings. The van der Waals surface area contributed by atoms with Crippen molar-refractivity contribution in [3.8, 4) is 0 Å². The van der Waals surface area contributed by atoms with Gasteiger partial charge in [-0.05, 0) is 31.0 Å². The SMILES string of the molecule is COCCCN1CCN(S(=O)(=O)c2cccc(C)c2)CC1. The zero-order valence-electron chi connectivity index (χ0n) is 12.8. The Morgan fingerprint density at radius 1 is 1.19 bits per heavy atom. The maximum absolute atomic E-state index is 12.6. The maximum Gasteiger partial charge on any atom is 0.243 e. The van der Waals surface area contributed by atoms with Crippen molar-refractivity contribution in [3.05, 3.63) is 29.8 Å². The van der Waals surface area contributed by atoms with Gasteiger partial charge in [0.25, 0.3) is 0 Å². The molecule has 1 aromatic carbocycles. The second kappa shape index (κ2) is 7.35. The van der Waals surface area contributed by atoms with E-state index in [0.29, 0.717) is 18.0 Å². The summed E-state index contributed by atoms with van der Waals surface area (Å²) in [5.74, 6) is 0. The monoisotopic (exact) mass is 312 g/mol. The molecule has 1 aromatic rings. The Labute approximate surface area is 127 Å². The van der Waals surface area contributed by atoms with Crippen LogP contribution in [0.1, 0.15) is 12.0 Å². The van der Waals surface area contributed by atoms with Crippen LogP contribution in [0, 0.1) is 6.92 Å². The molecule has 118 valence electrons. The van der Waals surface area contributed by atoms with Crippen molar-refractivity contribution in [2.75, 3.05) is 46.4 Å². The Hall–Kier alpha value is -0.950. The molecule has 0 amide bonds. The van der Waals surface area contributed by atoms with Gasteiger partial charge >= 0.3 is 0 Å². The largest absolute Gasteiger partial charge is 0.385 e. The first kappa shape index (κ1) is 16.4. The molecular formula is C15H24N2O3S.